The smallest absolute Gasteiger partial charge is 0.256 e. The first kappa shape index (κ1) is 21.7. The highest BCUT2D eigenvalue weighted by atomic mass is 16.5. The van der Waals surface area contributed by atoms with Gasteiger partial charge in [-0.2, -0.15) is 0 Å². The molecule has 1 fully saturated rings. The number of amides is 1. The Hall–Kier alpha value is -1.63. The number of carbonyl (C=O) groups is 1. The van der Waals surface area contributed by atoms with E-state index in [4.69, 9.17) is 14.2 Å². The molecule has 1 heterocycles. The first-order chi connectivity index (χ1) is 13.1. The van der Waals surface area contributed by atoms with Crippen molar-refractivity contribution in [1.82, 2.24) is 4.90 Å². The number of rotatable bonds is 11. The molecule has 1 aromatic rings. The van der Waals surface area contributed by atoms with Crippen molar-refractivity contribution < 1.29 is 19.0 Å². The molecule has 27 heavy (non-hydrogen) atoms. The number of morpholine rings is 1. The molecule has 1 saturated heterocycles. The van der Waals surface area contributed by atoms with Gasteiger partial charge in [-0.15, -0.1) is 0 Å². The van der Waals surface area contributed by atoms with Crippen molar-refractivity contribution in [2.45, 2.75) is 45.6 Å². The molecule has 6 nitrogen and oxygen atoms in total. The zero-order valence-corrected chi connectivity index (χ0v) is 17.0. The number of nitrogens with one attached hydrogen (secondary N) is 1. The topological polar surface area (TPSA) is 60.0 Å². The Labute approximate surface area is 163 Å². The Morgan fingerprint density at radius 1 is 1.22 bits per heavy atom. The van der Waals surface area contributed by atoms with Gasteiger partial charge in [0, 0.05) is 31.9 Å². The van der Waals surface area contributed by atoms with Crippen LogP contribution in [-0.2, 0) is 14.3 Å². The van der Waals surface area contributed by atoms with Crippen molar-refractivity contribution in [3.8, 4) is 5.75 Å². The molecule has 0 bridgehead atoms. The van der Waals surface area contributed by atoms with E-state index in [1.54, 1.807) is 0 Å². The summed E-state index contributed by atoms with van der Waals surface area (Å²) < 4.78 is 16.9. The first-order valence-corrected chi connectivity index (χ1v) is 10.1. The number of anilines is 1. The molecular weight excluding hydrogens is 344 g/mol. The summed E-state index contributed by atoms with van der Waals surface area (Å²) in [4.78, 5) is 15.0. The van der Waals surface area contributed by atoms with Crippen molar-refractivity contribution in [3.05, 3.63) is 24.3 Å². The molecule has 1 aliphatic heterocycles. The number of carbonyl (C=O) groups excluding carboxylic acids is 1. The molecule has 1 N–H and O–H groups in total. The third kappa shape index (κ3) is 7.13. The summed E-state index contributed by atoms with van der Waals surface area (Å²) in [5.41, 5.74) is -0.0408. The van der Waals surface area contributed by atoms with Crippen LogP contribution in [0.5, 0.6) is 5.75 Å². The van der Waals surface area contributed by atoms with Gasteiger partial charge in [-0.3, -0.25) is 9.69 Å². The van der Waals surface area contributed by atoms with Gasteiger partial charge < -0.3 is 19.5 Å². The molecule has 2 rings (SSSR count). The van der Waals surface area contributed by atoms with Crippen LogP contribution in [-0.4, -0.2) is 62.5 Å². The fraction of sp³-hybridized carbons (Fsp3) is 0.667. The summed E-state index contributed by atoms with van der Waals surface area (Å²) in [5, 5.41) is 2.97. The monoisotopic (exact) mass is 378 g/mol. The second-order valence-electron chi connectivity index (χ2n) is 7.05. The molecule has 0 aliphatic carbocycles. The minimum absolute atomic E-state index is 0.0983. The van der Waals surface area contributed by atoms with E-state index in [2.05, 4.69) is 17.1 Å². The summed E-state index contributed by atoms with van der Waals surface area (Å²) in [6.45, 7) is 11.5. The second-order valence-corrected chi connectivity index (χ2v) is 7.05. The van der Waals surface area contributed by atoms with Crippen molar-refractivity contribution in [1.29, 1.82) is 0 Å². The fourth-order valence-electron chi connectivity index (χ4n) is 3.10. The Balaban J connectivity index is 1.81. The van der Waals surface area contributed by atoms with Gasteiger partial charge in [-0.05, 0) is 44.5 Å². The average Bonchev–Trinajstić information content (AvgIpc) is 2.69. The van der Waals surface area contributed by atoms with Crippen molar-refractivity contribution in [2.24, 2.45) is 0 Å². The lowest BCUT2D eigenvalue weighted by Crippen LogP contribution is -2.42. The number of hydrogen-bond donors (Lipinski definition) is 1. The van der Waals surface area contributed by atoms with E-state index in [1.165, 1.54) is 0 Å². The number of benzene rings is 1. The standard InChI is InChI=1S/C21H34N2O4/c1-4-6-11-21(3,27-5-2)20(24)22-18-7-9-19(10-8-18)26-17-14-23-12-15-25-16-13-23/h7-10H,4-6,11-17H2,1-3H3,(H,22,24)/t21-/m1/s1. The molecule has 1 amide bonds. The normalized spacial score (nSPS) is 17.3. The fourth-order valence-corrected chi connectivity index (χ4v) is 3.10. The number of nitrogens with zero attached hydrogens (tertiary/aromatic N) is 1. The molecule has 0 radical (unpaired) electrons. The molecular formula is C21H34N2O4. The van der Waals surface area contributed by atoms with Gasteiger partial charge in [0.05, 0.1) is 13.2 Å². The number of ether oxygens (including phenoxy) is 3. The van der Waals surface area contributed by atoms with Crippen molar-refractivity contribution in [3.63, 3.8) is 0 Å². The highest BCUT2D eigenvalue weighted by molar-refractivity contribution is 5.97. The van der Waals surface area contributed by atoms with Crippen LogP contribution in [0.1, 0.15) is 40.0 Å². The van der Waals surface area contributed by atoms with Gasteiger partial charge in [0.25, 0.3) is 5.91 Å². The van der Waals surface area contributed by atoms with Crippen molar-refractivity contribution >= 4 is 11.6 Å². The van der Waals surface area contributed by atoms with E-state index in [0.29, 0.717) is 19.6 Å². The van der Waals surface area contributed by atoms with Crippen LogP contribution in [0.15, 0.2) is 24.3 Å². The zero-order chi connectivity index (χ0) is 19.5. The summed E-state index contributed by atoms with van der Waals surface area (Å²) >= 11 is 0. The molecule has 0 spiro atoms. The van der Waals surface area contributed by atoms with Crippen LogP contribution in [0.4, 0.5) is 5.69 Å². The Bertz CT molecular complexity index is 558. The van der Waals surface area contributed by atoms with Gasteiger partial charge in [0.1, 0.15) is 18.0 Å². The highest BCUT2D eigenvalue weighted by Crippen LogP contribution is 2.23. The second kappa shape index (κ2) is 11.3. The maximum absolute atomic E-state index is 12.7. The zero-order valence-electron chi connectivity index (χ0n) is 17.0. The number of unbranched alkanes of at least 4 members (excludes halogenated alkanes) is 1. The van der Waals surface area contributed by atoms with Crippen LogP contribution in [0, 0.1) is 0 Å². The van der Waals surface area contributed by atoms with Crippen LogP contribution in [0.2, 0.25) is 0 Å². The largest absolute Gasteiger partial charge is 0.492 e. The van der Waals surface area contributed by atoms with Crippen LogP contribution >= 0.6 is 0 Å². The minimum atomic E-state index is -0.794. The Morgan fingerprint density at radius 2 is 1.93 bits per heavy atom. The van der Waals surface area contributed by atoms with Gasteiger partial charge in [0.2, 0.25) is 0 Å². The van der Waals surface area contributed by atoms with E-state index in [1.807, 2.05) is 38.1 Å². The first-order valence-electron chi connectivity index (χ1n) is 10.1. The molecule has 0 unspecified atom stereocenters. The summed E-state index contributed by atoms with van der Waals surface area (Å²) in [6, 6.07) is 7.51. The van der Waals surface area contributed by atoms with Crippen LogP contribution in [0.25, 0.3) is 0 Å². The molecule has 1 aromatic carbocycles. The van der Waals surface area contributed by atoms with Crippen LogP contribution in [0.3, 0.4) is 0 Å². The minimum Gasteiger partial charge on any atom is -0.492 e. The predicted octanol–water partition coefficient (Wildman–Crippen LogP) is 3.32. The number of hydrogen-bond acceptors (Lipinski definition) is 5. The average molecular weight is 379 g/mol. The van der Waals surface area contributed by atoms with E-state index in [-0.39, 0.29) is 5.91 Å². The molecule has 0 aromatic heterocycles. The predicted molar refractivity (Wildman–Crippen MR) is 107 cm³/mol. The maximum Gasteiger partial charge on any atom is 0.256 e. The summed E-state index contributed by atoms with van der Waals surface area (Å²) in [5.74, 6) is 0.707. The lowest BCUT2D eigenvalue weighted by atomic mass is 9.97. The van der Waals surface area contributed by atoms with Gasteiger partial charge in [-0.1, -0.05) is 19.8 Å². The van der Waals surface area contributed by atoms with Crippen molar-refractivity contribution in [2.75, 3.05) is 51.4 Å². The summed E-state index contributed by atoms with van der Waals surface area (Å²) in [6.07, 6.45) is 2.71. The molecule has 152 valence electrons. The Kier molecular flexibility index (Phi) is 9.04. The Morgan fingerprint density at radius 3 is 2.56 bits per heavy atom. The van der Waals surface area contributed by atoms with Gasteiger partial charge in [-0.25, -0.2) is 0 Å². The van der Waals surface area contributed by atoms with Gasteiger partial charge in [0.15, 0.2) is 0 Å². The van der Waals surface area contributed by atoms with E-state index in [0.717, 1.165) is 57.1 Å². The highest BCUT2D eigenvalue weighted by Gasteiger charge is 2.33. The quantitative estimate of drug-likeness (QED) is 0.640. The van der Waals surface area contributed by atoms with Crippen LogP contribution < -0.4 is 10.1 Å². The molecule has 1 atom stereocenters. The lowest BCUT2D eigenvalue weighted by molar-refractivity contribution is -0.139. The van der Waals surface area contributed by atoms with E-state index >= 15 is 0 Å². The summed E-state index contributed by atoms with van der Waals surface area (Å²) in [7, 11) is 0. The van der Waals surface area contributed by atoms with E-state index < -0.39 is 5.60 Å². The maximum atomic E-state index is 12.7. The third-order valence-electron chi connectivity index (χ3n) is 4.84. The molecule has 1 aliphatic rings. The SMILES string of the molecule is CCCC[C@@](C)(OCC)C(=O)Nc1ccc(OCCN2CCOCC2)cc1. The molecule has 6 heteroatoms. The third-order valence-corrected chi connectivity index (χ3v) is 4.84. The lowest BCUT2D eigenvalue weighted by Gasteiger charge is -2.28. The van der Waals surface area contributed by atoms with E-state index in [9.17, 15) is 4.79 Å². The molecule has 0 saturated carbocycles. The van der Waals surface area contributed by atoms with Gasteiger partial charge >= 0.3 is 0 Å².